The number of aromatic amines is 1. The van der Waals surface area contributed by atoms with Crippen LogP contribution in [-0.4, -0.2) is 26.7 Å². The van der Waals surface area contributed by atoms with Crippen molar-refractivity contribution in [2.75, 3.05) is 5.32 Å². The van der Waals surface area contributed by atoms with Gasteiger partial charge in [-0.25, -0.2) is 4.39 Å². The van der Waals surface area contributed by atoms with Crippen LogP contribution in [0.25, 0.3) is 22.0 Å². The normalized spacial score (nSPS) is 17.1. The Morgan fingerprint density at radius 2 is 2.12 bits per heavy atom. The Morgan fingerprint density at radius 3 is 2.78 bits per heavy atom. The molecule has 2 aromatic carbocycles. The molecule has 7 heteroatoms. The Hall–Kier alpha value is -3.00. The number of rotatable bonds is 5. The third-order valence-electron chi connectivity index (χ3n) is 6.41. The minimum Gasteiger partial charge on any atom is -0.390 e. The van der Waals surface area contributed by atoms with Crippen molar-refractivity contribution in [2.45, 2.75) is 44.9 Å². The molecule has 6 N–H and O–H groups in total. The van der Waals surface area contributed by atoms with Crippen LogP contribution in [0.1, 0.15) is 43.3 Å². The van der Waals surface area contributed by atoms with Gasteiger partial charge in [-0.2, -0.15) is 0 Å². The van der Waals surface area contributed by atoms with Crippen LogP contribution in [-0.2, 0) is 17.6 Å². The van der Waals surface area contributed by atoms with Gasteiger partial charge in [0.05, 0.1) is 16.8 Å². The van der Waals surface area contributed by atoms with Gasteiger partial charge < -0.3 is 26.2 Å². The molecule has 2 atom stereocenters. The van der Waals surface area contributed by atoms with Crippen LogP contribution >= 0.6 is 0 Å². The number of hydrogen-bond donors (Lipinski definition) is 5. The molecule has 0 aliphatic heterocycles. The summed E-state index contributed by atoms with van der Waals surface area (Å²) in [7, 11) is 0. The van der Waals surface area contributed by atoms with Crippen molar-refractivity contribution in [1.29, 1.82) is 0 Å². The summed E-state index contributed by atoms with van der Waals surface area (Å²) < 4.78 is 14.3. The lowest BCUT2D eigenvalue weighted by atomic mass is 9.77. The second-order valence-electron chi connectivity index (χ2n) is 8.96. The number of aromatic nitrogens is 1. The van der Waals surface area contributed by atoms with Crippen LogP contribution in [0.15, 0.2) is 43.0 Å². The molecular weight excluding hydrogens is 409 g/mol. The molecule has 32 heavy (non-hydrogen) atoms. The fraction of sp³-hybridized carbons (Fsp3) is 0.320. The Labute approximate surface area is 186 Å². The lowest BCUT2D eigenvalue weighted by Gasteiger charge is -2.32. The zero-order valence-electron chi connectivity index (χ0n) is 18.2. The summed E-state index contributed by atoms with van der Waals surface area (Å²) in [5.74, 6) is -0.938. The third-order valence-corrected chi connectivity index (χ3v) is 6.41. The summed E-state index contributed by atoms with van der Waals surface area (Å²) >= 11 is 0. The maximum atomic E-state index is 14.3. The van der Waals surface area contributed by atoms with Crippen molar-refractivity contribution in [2.24, 2.45) is 11.7 Å². The van der Waals surface area contributed by atoms with Crippen LogP contribution in [0.4, 0.5) is 10.1 Å². The SMILES string of the molecule is C=CC(=O)Nc1cc(-c2ccc(C(N)O)c3[nH]c4c(c23)CCC(C(C)(C)O)C4)ccc1F. The first-order chi connectivity index (χ1) is 15.1. The number of hydrogen-bond acceptors (Lipinski definition) is 4. The molecule has 1 aliphatic rings. The molecule has 168 valence electrons. The number of aryl methyl sites for hydroxylation is 1. The largest absolute Gasteiger partial charge is 0.390 e. The number of nitrogens with two attached hydrogens (primary N) is 1. The molecule has 6 nitrogen and oxygen atoms in total. The first-order valence-electron chi connectivity index (χ1n) is 10.7. The number of H-pyrrole nitrogens is 1. The fourth-order valence-corrected chi connectivity index (χ4v) is 4.62. The highest BCUT2D eigenvalue weighted by molar-refractivity contribution is 6.02. The Balaban J connectivity index is 1.90. The monoisotopic (exact) mass is 437 g/mol. The van der Waals surface area contributed by atoms with Crippen LogP contribution in [0, 0.1) is 11.7 Å². The van der Waals surface area contributed by atoms with E-state index in [-0.39, 0.29) is 11.6 Å². The average Bonchev–Trinajstić information content (AvgIpc) is 3.12. The maximum Gasteiger partial charge on any atom is 0.247 e. The van der Waals surface area contributed by atoms with E-state index < -0.39 is 23.6 Å². The van der Waals surface area contributed by atoms with Crippen molar-refractivity contribution in [3.05, 3.63) is 65.6 Å². The Bertz CT molecular complexity index is 1210. The number of aliphatic hydroxyl groups is 2. The molecular formula is C25H28FN3O3. The lowest BCUT2D eigenvalue weighted by molar-refractivity contribution is -0.111. The molecule has 0 radical (unpaired) electrons. The van der Waals surface area contributed by atoms with E-state index in [0.717, 1.165) is 52.2 Å². The highest BCUT2D eigenvalue weighted by Gasteiger charge is 2.33. The van der Waals surface area contributed by atoms with Gasteiger partial charge in [0.1, 0.15) is 12.0 Å². The van der Waals surface area contributed by atoms with Crippen molar-refractivity contribution in [3.63, 3.8) is 0 Å². The second-order valence-corrected chi connectivity index (χ2v) is 8.96. The maximum absolute atomic E-state index is 14.3. The van der Waals surface area contributed by atoms with Crippen molar-refractivity contribution in [1.82, 2.24) is 4.98 Å². The van der Waals surface area contributed by atoms with Gasteiger partial charge in [-0.3, -0.25) is 4.79 Å². The van der Waals surface area contributed by atoms with Crippen LogP contribution < -0.4 is 11.1 Å². The molecule has 1 heterocycles. The lowest BCUT2D eigenvalue weighted by Crippen LogP contribution is -2.34. The second kappa shape index (κ2) is 8.16. The third kappa shape index (κ3) is 3.95. The molecule has 0 saturated heterocycles. The number of aliphatic hydroxyl groups excluding tert-OH is 1. The van der Waals surface area contributed by atoms with E-state index in [0.29, 0.717) is 12.0 Å². The molecule has 1 aliphatic carbocycles. The van der Waals surface area contributed by atoms with E-state index in [4.69, 9.17) is 5.73 Å². The van der Waals surface area contributed by atoms with E-state index in [1.165, 1.54) is 6.07 Å². The smallest absolute Gasteiger partial charge is 0.247 e. The average molecular weight is 438 g/mol. The standard InChI is InChI=1S/C25H28FN3O3/c1-4-21(30)28-20-11-13(5-10-18(20)26)15-8-9-17(24(27)31)23-22(15)16-7-6-14(25(2,3)32)12-19(16)29-23/h4-5,8-11,14,24,29,31-32H,1,6-7,12,27H2,2-3H3,(H,28,30). The topological polar surface area (TPSA) is 111 Å². The van der Waals surface area contributed by atoms with Gasteiger partial charge in [0.15, 0.2) is 0 Å². The van der Waals surface area contributed by atoms with Crippen LogP contribution in [0.5, 0.6) is 0 Å². The zero-order chi connectivity index (χ0) is 23.2. The molecule has 0 spiro atoms. The minimum atomic E-state index is -1.16. The van der Waals surface area contributed by atoms with Gasteiger partial charge in [-0.05, 0) is 73.9 Å². The van der Waals surface area contributed by atoms with Gasteiger partial charge in [-0.15, -0.1) is 0 Å². The molecule has 2 unspecified atom stereocenters. The first kappa shape index (κ1) is 22.2. The number of carbonyl (C=O) groups excluding carboxylic acids is 1. The zero-order valence-corrected chi connectivity index (χ0v) is 18.2. The molecule has 3 aromatic rings. The fourth-order valence-electron chi connectivity index (χ4n) is 4.62. The van der Waals surface area contributed by atoms with Gasteiger partial charge in [-0.1, -0.05) is 24.8 Å². The number of anilines is 1. The Morgan fingerprint density at radius 1 is 1.38 bits per heavy atom. The predicted molar refractivity (Wildman–Crippen MR) is 123 cm³/mol. The van der Waals surface area contributed by atoms with Gasteiger partial charge in [0.2, 0.25) is 5.91 Å². The number of amides is 1. The van der Waals surface area contributed by atoms with Crippen molar-refractivity contribution in [3.8, 4) is 11.1 Å². The molecule has 4 rings (SSSR count). The summed E-state index contributed by atoms with van der Waals surface area (Å²) in [6.45, 7) is 7.05. The van der Waals surface area contributed by atoms with E-state index in [2.05, 4.69) is 16.9 Å². The summed E-state index contributed by atoms with van der Waals surface area (Å²) in [5, 5.41) is 24.1. The molecule has 1 aromatic heterocycles. The van der Waals surface area contributed by atoms with Crippen molar-refractivity contribution < 1.29 is 19.4 Å². The molecule has 0 bridgehead atoms. The highest BCUT2D eigenvalue weighted by atomic mass is 19.1. The number of carbonyl (C=O) groups is 1. The van der Waals surface area contributed by atoms with E-state index >= 15 is 0 Å². The quantitative estimate of drug-likeness (QED) is 0.308. The molecule has 0 saturated carbocycles. The summed E-state index contributed by atoms with van der Waals surface area (Å²) in [4.78, 5) is 15.1. The summed E-state index contributed by atoms with van der Waals surface area (Å²) in [6.07, 6.45) is 2.18. The van der Waals surface area contributed by atoms with Gasteiger partial charge in [0.25, 0.3) is 0 Å². The molecule has 1 amide bonds. The summed E-state index contributed by atoms with van der Waals surface area (Å²) in [5.41, 5.74) is 10.1. The highest BCUT2D eigenvalue weighted by Crippen LogP contribution is 2.42. The number of nitrogens with one attached hydrogen (secondary N) is 2. The van der Waals surface area contributed by atoms with Gasteiger partial charge in [0, 0.05) is 16.6 Å². The van der Waals surface area contributed by atoms with Crippen molar-refractivity contribution >= 4 is 22.5 Å². The minimum absolute atomic E-state index is 0.0648. The number of halogens is 1. The van der Waals surface area contributed by atoms with Crippen LogP contribution in [0.2, 0.25) is 0 Å². The van der Waals surface area contributed by atoms with Crippen LogP contribution in [0.3, 0.4) is 0 Å². The molecule has 0 fully saturated rings. The van der Waals surface area contributed by atoms with E-state index in [9.17, 15) is 19.4 Å². The Kier molecular flexibility index (Phi) is 5.67. The van der Waals surface area contributed by atoms with E-state index in [1.807, 2.05) is 19.9 Å². The number of benzene rings is 2. The first-order valence-corrected chi connectivity index (χ1v) is 10.7. The number of fused-ring (bicyclic) bond motifs is 3. The van der Waals surface area contributed by atoms with Gasteiger partial charge >= 0.3 is 0 Å². The summed E-state index contributed by atoms with van der Waals surface area (Å²) in [6, 6.07) is 8.17. The van der Waals surface area contributed by atoms with E-state index in [1.54, 1.807) is 18.2 Å². The predicted octanol–water partition coefficient (Wildman–Crippen LogP) is 3.92.